The minimum atomic E-state index is -4.65. The van der Waals surface area contributed by atoms with Gasteiger partial charge in [0, 0.05) is 76.2 Å². The summed E-state index contributed by atoms with van der Waals surface area (Å²) in [5, 5.41) is 14.2. The van der Waals surface area contributed by atoms with E-state index in [1.807, 2.05) is 13.0 Å². The van der Waals surface area contributed by atoms with E-state index in [-0.39, 0.29) is 55.2 Å². The Morgan fingerprint density at radius 1 is 0.902 bits per heavy atom. The zero-order chi connectivity index (χ0) is 43.0. The third-order valence-corrected chi connectivity index (χ3v) is 12.4. The maximum absolute atomic E-state index is 13.5. The lowest BCUT2D eigenvalue weighted by Crippen LogP contribution is -2.54. The van der Waals surface area contributed by atoms with Gasteiger partial charge in [0.1, 0.15) is 23.7 Å². The number of amides is 6. The van der Waals surface area contributed by atoms with Crippen LogP contribution in [0.4, 0.5) is 35.2 Å². The number of piperidine rings is 3. The number of nitriles is 1. The van der Waals surface area contributed by atoms with Crippen molar-refractivity contribution in [3.63, 3.8) is 0 Å². The number of nitrogens with zero attached hydrogens (tertiary/aromatic N) is 7. The summed E-state index contributed by atoms with van der Waals surface area (Å²) in [4.78, 5) is 77.0. The second kappa shape index (κ2) is 17.0. The highest BCUT2D eigenvalue weighted by Crippen LogP contribution is 2.36. The van der Waals surface area contributed by atoms with E-state index in [0.29, 0.717) is 29.7 Å². The van der Waals surface area contributed by atoms with Gasteiger partial charge in [0.15, 0.2) is 0 Å². The van der Waals surface area contributed by atoms with Crippen molar-refractivity contribution >= 4 is 46.9 Å². The molecule has 4 fully saturated rings. The van der Waals surface area contributed by atoms with Gasteiger partial charge in [-0.1, -0.05) is 0 Å². The van der Waals surface area contributed by atoms with E-state index in [0.717, 1.165) is 75.1 Å². The number of rotatable bonds is 8. The summed E-state index contributed by atoms with van der Waals surface area (Å²) in [7, 11) is 0. The molecule has 2 N–H and O–H groups in total. The maximum Gasteiger partial charge on any atom is 0.417 e. The Bertz CT molecular complexity index is 2250. The van der Waals surface area contributed by atoms with Gasteiger partial charge in [0.25, 0.3) is 11.8 Å². The first kappa shape index (κ1) is 41.5. The molecule has 61 heavy (non-hydrogen) atoms. The molecule has 8 rings (SSSR count). The van der Waals surface area contributed by atoms with Gasteiger partial charge < -0.3 is 24.3 Å². The molecule has 5 aliphatic rings. The number of pyridine rings is 1. The fourth-order valence-electron chi connectivity index (χ4n) is 9.08. The Morgan fingerprint density at radius 2 is 1.64 bits per heavy atom. The highest BCUT2D eigenvalue weighted by atomic mass is 19.4. The molecule has 15 nitrogen and oxygen atoms in total. The van der Waals surface area contributed by atoms with Gasteiger partial charge in [-0.3, -0.25) is 34.7 Å². The third-order valence-electron chi connectivity index (χ3n) is 12.4. The molecule has 4 saturated heterocycles. The van der Waals surface area contributed by atoms with Gasteiger partial charge in [-0.15, -0.1) is 0 Å². The number of benzene rings is 2. The predicted octanol–water partition coefficient (Wildman–Crippen LogP) is 4.88. The fraction of sp³-hybridized carbons (Fsp3) is 0.465. The third kappa shape index (κ3) is 8.83. The average Bonchev–Trinajstić information content (AvgIpc) is 3.49. The van der Waals surface area contributed by atoms with Crippen molar-refractivity contribution in [1.82, 2.24) is 25.0 Å². The number of halogens is 3. The van der Waals surface area contributed by atoms with Crippen LogP contribution in [-0.2, 0) is 15.8 Å². The predicted molar refractivity (Wildman–Crippen MR) is 216 cm³/mol. The summed E-state index contributed by atoms with van der Waals surface area (Å²) >= 11 is 0. The molecule has 0 spiro atoms. The van der Waals surface area contributed by atoms with E-state index in [4.69, 9.17) is 10.00 Å². The highest BCUT2D eigenvalue weighted by molar-refractivity contribution is 6.23. The molecule has 0 aliphatic carbocycles. The van der Waals surface area contributed by atoms with Crippen LogP contribution in [0.25, 0.3) is 0 Å². The molecule has 3 aromatic rings. The Hall–Kier alpha value is -6.22. The Balaban J connectivity index is 0.753. The largest absolute Gasteiger partial charge is 0.489 e. The smallest absolute Gasteiger partial charge is 0.417 e. The molecule has 5 aliphatic heterocycles. The number of hydrogen-bond donors (Lipinski definition) is 2. The van der Waals surface area contributed by atoms with Crippen LogP contribution < -0.4 is 25.2 Å². The SMILES string of the molecule is C[C@H]1CN(C(=O)Nc2ccc(OC3CCN(CC4CCN(c5ccc6c(c5)C(=O)N(C5CCC(=O)NC5=O)C6=O)CC4)CC3)cn2)CCN1c1ccc(C#N)c(C(F)(F)F)c1. The van der Waals surface area contributed by atoms with Crippen molar-refractivity contribution in [2.24, 2.45) is 5.92 Å². The molecule has 0 saturated carbocycles. The Morgan fingerprint density at radius 3 is 2.31 bits per heavy atom. The number of carbonyl (C=O) groups excluding carboxylic acids is 5. The number of fused-ring (bicyclic) bond motifs is 1. The van der Waals surface area contributed by atoms with Gasteiger partial charge in [0.2, 0.25) is 11.8 Å². The maximum atomic E-state index is 13.5. The zero-order valence-electron chi connectivity index (χ0n) is 33.6. The number of hydrogen-bond acceptors (Lipinski definition) is 11. The second-order valence-electron chi connectivity index (χ2n) is 16.4. The van der Waals surface area contributed by atoms with Crippen molar-refractivity contribution in [1.29, 1.82) is 5.26 Å². The summed E-state index contributed by atoms with van der Waals surface area (Å²) in [6.45, 7) is 7.14. The van der Waals surface area contributed by atoms with Gasteiger partial charge in [-0.2, -0.15) is 18.4 Å². The first-order valence-corrected chi connectivity index (χ1v) is 20.6. The fourth-order valence-corrected chi connectivity index (χ4v) is 9.08. The highest BCUT2D eigenvalue weighted by Gasteiger charge is 2.45. The van der Waals surface area contributed by atoms with Crippen LogP contribution in [0.15, 0.2) is 54.7 Å². The number of ether oxygens (including phenoxy) is 1. The molecule has 2 atom stereocenters. The van der Waals surface area contributed by atoms with Crippen LogP contribution >= 0.6 is 0 Å². The number of anilines is 3. The molecule has 6 heterocycles. The second-order valence-corrected chi connectivity index (χ2v) is 16.4. The van der Waals surface area contributed by atoms with Crippen LogP contribution in [0.2, 0.25) is 0 Å². The zero-order valence-corrected chi connectivity index (χ0v) is 33.6. The van der Waals surface area contributed by atoms with Crippen LogP contribution in [0.5, 0.6) is 5.75 Å². The molecular formula is C43H46F3N9O6. The molecule has 0 radical (unpaired) electrons. The van der Waals surface area contributed by atoms with E-state index in [9.17, 15) is 37.1 Å². The van der Waals surface area contributed by atoms with E-state index < -0.39 is 47.0 Å². The Kier molecular flexibility index (Phi) is 11.6. The summed E-state index contributed by atoms with van der Waals surface area (Å²) < 4.78 is 46.9. The van der Waals surface area contributed by atoms with Crippen LogP contribution in [0.3, 0.4) is 0 Å². The number of carbonyl (C=O) groups is 5. The first-order chi connectivity index (χ1) is 29.2. The van der Waals surface area contributed by atoms with Crippen LogP contribution in [0.1, 0.15) is 77.3 Å². The van der Waals surface area contributed by atoms with Crippen LogP contribution in [0, 0.1) is 17.2 Å². The summed E-state index contributed by atoms with van der Waals surface area (Å²) in [6, 6.07) is 12.4. The van der Waals surface area contributed by atoms with Crippen molar-refractivity contribution in [3.8, 4) is 11.8 Å². The lowest BCUT2D eigenvalue weighted by Gasteiger charge is -2.41. The molecule has 18 heteroatoms. The number of urea groups is 1. The molecule has 320 valence electrons. The molecule has 6 amide bonds. The standard InChI is InChI=1S/C43H46F3N9O6/c1-26-24-53(18-19-54(26)30-3-2-28(22-47)35(21-30)43(44,45)46)42(60)49-37-8-5-32(23-48-37)61-31-12-14-51(15-13-31)25-27-10-16-52(17-11-27)29-4-6-33-34(20-29)41(59)55(40(33)58)36-7-9-38(56)50-39(36)57/h2-6,8,20-21,23,26-27,31,36H,7,9-19,24-25H2,1H3,(H,48,49,60)(H,50,56,57)/t26-,36?/m0/s1. The lowest BCUT2D eigenvalue weighted by molar-refractivity contribution is -0.138. The van der Waals surface area contributed by atoms with E-state index in [1.54, 1.807) is 46.3 Å². The lowest BCUT2D eigenvalue weighted by atomic mass is 9.94. The van der Waals surface area contributed by atoms with E-state index in [1.165, 1.54) is 12.1 Å². The average molecular weight is 842 g/mol. The molecule has 0 bridgehead atoms. The van der Waals surface area contributed by atoms with Gasteiger partial charge in [-0.25, -0.2) is 9.78 Å². The topological polar surface area (TPSA) is 172 Å². The molecule has 1 unspecified atom stereocenters. The monoisotopic (exact) mass is 841 g/mol. The number of likely N-dealkylation sites (tertiary alicyclic amines) is 1. The molecular weight excluding hydrogens is 796 g/mol. The summed E-state index contributed by atoms with van der Waals surface area (Å²) in [5.41, 5.74) is 0.368. The number of aromatic nitrogens is 1. The normalized spacial score (nSPS) is 22.0. The first-order valence-electron chi connectivity index (χ1n) is 20.6. The number of alkyl halides is 3. The molecule has 2 aromatic carbocycles. The van der Waals surface area contributed by atoms with E-state index in [2.05, 4.69) is 25.4 Å². The number of piperazine rings is 1. The van der Waals surface area contributed by atoms with Crippen molar-refractivity contribution in [2.45, 2.75) is 69.8 Å². The summed E-state index contributed by atoms with van der Waals surface area (Å²) in [5.74, 6) is -0.569. The number of nitrogens with one attached hydrogen (secondary N) is 2. The van der Waals surface area contributed by atoms with Gasteiger partial charge in [-0.05, 0) is 93.5 Å². The summed E-state index contributed by atoms with van der Waals surface area (Å²) in [6.07, 6.45) is 0.844. The minimum Gasteiger partial charge on any atom is -0.489 e. The van der Waals surface area contributed by atoms with Crippen molar-refractivity contribution in [2.75, 3.05) is 67.5 Å². The van der Waals surface area contributed by atoms with Gasteiger partial charge in [0.05, 0.1) is 34.5 Å². The molecule has 1 aromatic heterocycles. The minimum absolute atomic E-state index is 0.0294. The Labute approximate surface area is 350 Å². The van der Waals surface area contributed by atoms with Crippen molar-refractivity contribution < 1.29 is 41.9 Å². The van der Waals surface area contributed by atoms with Gasteiger partial charge >= 0.3 is 12.2 Å². The van der Waals surface area contributed by atoms with E-state index >= 15 is 0 Å². The quantitative estimate of drug-likeness (QED) is 0.297. The van der Waals surface area contributed by atoms with Crippen LogP contribution in [-0.4, -0.2) is 120 Å². The van der Waals surface area contributed by atoms with Crippen molar-refractivity contribution in [3.05, 3.63) is 77.0 Å². The number of imide groups is 2.